The maximum Gasteiger partial charge on any atom is 0.410 e. The summed E-state index contributed by atoms with van der Waals surface area (Å²) in [6, 6.07) is 4.11. The van der Waals surface area contributed by atoms with Crippen molar-refractivity contribution in [1.82, 2.24) is 4.90 Å². The summed E-state index contributed by atoms with van der Waals surface area (Å²) in [5, 5.41) is 2.86. The van der Waals surface area contributed by atoms with Gasteiger partial charge in [0.25, 0.3) is 0 Å². The largest absolute Gasteiger partial charge is 0.444 e. The van der Waals surface area contributed by atoms with Crippen molar-refractivity contribution < 1.29 is 18.7 Å². The molecule has 0 atom stereocenters. The van der Waals surface area contributed by atoms with Gasteiger partial charge in [0.2, 0.25) is 5.91 Å². The monoisotopic (exact) mass is 356 g/mol. The molecule has 24 heavy (non-hydrogen) atoms. The lowest BCUT2D eigenvalue weighted by Gasteiger charge is -2.32. The third-order valence-corrected chi connectivity index (χ3v) is 3.94. The quantitative estimate of drug-likeness (QED) is 0.869. The molecule has 1 saturated heterocycles. The SMILES string of the molecule is CC(C)(C)OC(=O)N1CCC(C(=O)Nc2ccc(Cl)cc2F)CC1. The summed E-state index contributed by atoms with van der Waals surface area (Å²) < 4.78 is 19.1. The Morgan fingerprint density at radius 2 is 1.92 bits per heavy atom. The highest BCUT2D eigenvalue weighted by Crippen LogP contribution is 2.23. The summed E-state index contributed by atoms with van der Waals surface area (Å²) >= 11 is 5.69. The van der Waals surface area contributed by atoms with E-state index in [9.17, 15) is 14.0 Å². The van der Waals surface area contributed by atoms with Crippen LogP contribution < -0.4 is 5.32 Å². The Bertz CT molecular complexity index is 623. The van der Waals surface area contributed by atoms with Crippen LogP contribution in [0.4, 0.5) is 14.9 Å². The Kier molecular flexibility index (Phi) is 5.70. The topological polar surface area (TPSA) is 58.6 Å². The van der Waals surface area contributed by atoms with Crippen LogP contribution in [0.2, 0.25) is 5.02 Å². The molecule has 1 heterocycles. The Labute approximate surface area is 146 Å². The number of anilines is 1. The zero-order chi connectivity index (χ0) is 17.9. The smallest absolute Gasteiger partial charge is 0.410 e. The van der Waals surface area contributed by atoms with Crippen molar-refractivity contribution >= 4 is 29.3 Å². The predicted molar refractivity (Wildman–Crippen MR) is 90.6 cm³/mol. The molecule has 0 saturated carbocycles. The van der Waals surface area contributed by atoms with Crippen LogP contribution in [0, 0.1) is 11.7 Å². The predicted octanol–water partition coefficient (Wildman–Crippen LogP) is 4.06. The number of halogens is 2. The van der Waals surface area contributed by atoms with Crippen molar-refractivity contribution in [3.63, 3.8) is 0 Å². The molecule has 0 radical (unpaired) electrons. The van der Waals surface area contributed by atoms with Crippen molar-refractivity contribution in [2.75, 3.05) is 18.4 Å². The highest BCUT2D eigenvalue weighted by atomic mass is 35.5. The normalized spacial score (nSPS) is 16.0. The van der Waals surface area contributed by atoms with Crippen LogP contribution >= 0.6 is 11.6 Å². The van der Waals surface area contributed by atoms with Crippen LogP contribution in [0.5, 0.6) is 0 Å². The minimum Gasteiger partial charge on any atom is -0.444 e. The lowest BCUT2D eigenvalue weighted by Crippen LogP contribution is -2.43. The second-order valence-electron chi connectivity index (χ2n) is 6.86. The molecular weight excluding hydrogens is 335 g/mol. The second-order valence-corrected chi connectivity index (χ2v) is 7.29. The molecule has 0 aliphatic carbocycles. The summed E-state index contributed by atoms with van der Waals surface area (Å²) in [5.41, 5.74) is -0.434. The van der Waals surface area contributed by atoms with E-state index in [1.54, 1.807) is 4.90 Å². The highest BCUT2D eigenvalue weighted by molar-refractivity contribution is 6.30. The molecule has 2 rings (SSSR count). The first-order chi connectivity index (χ1) is 11.2. The maximum absolute atomic E-state index is 13.7. The number of likely N-dealkylation sites (tertiary alicyclic amines) is 1. The van der Waals surface area contributed by atoms with Gasteiger partial charge in [0, 0.05) is 24.0 Å². The molecule has 1 aromatic rings. The number of carbonyl (C=O) groups excluding carboxylic acids is 2. The van der Waals surface area contributed by atoms with Gasteiger partial charge in [-0.3, -0.25) is 4.79 Å². The van der Waals surface area contributed by atoms with Gasteiger partial charge in [0.15, 0.2) is 0 Å². The zero-order valence-corrected chi connectivity index (χ0v) is 14.8. The number of benzene rings is 1. The van der Waals surface area contributed by atoms with Crippen molar-refractivity contribution in [3.8, 4) is 0 Å². The first-order valence-corrected chi connectivity index (χ1v) is 8.27. The van der Waals surface area contributed by atoms with Gasteiger partial charge in [-0.25, -0.2) is 9.18 Å². The summed E-state index contributed by atoms with van der Waals surface area (Å²) in [6.07, 6.45) is 0.658. The number of nitrogens with zero attached hydrogens (tertiary/aromatic N) is 1. The Balaban J connectivity index is 1.87. The van der Waals surface area contributed by atoms with E-state index in [1.807, 2.05) is 20.8 Å². The molecule has 0 unspecified atom stereocenters. The van der Waals surface area contributed by atoms with Gasteiger partial charge in [-0.15, -0.1) is 0 Å². The summed E-state index contributed by atoms with van der Waals surface area (Å²) in [5.74, 6) is -1.08. The van der Waals surface area contributed by atoms with Gasteiger partial charge in [0.05, 0.1) is 5.69 Å². The molecule has 1 aliphatic heterocycles. The number of rotatable bonds is 2. The number of hydrogen-bond donors (Lipinski definition) is 1. The summed E-state index contributed by atoms with van der Waals surface area (Å²) in [6.45, 7) is 6.31. The van der Waals surface area contributed by atoms with Gasteiger partial charge < -0.3 is 15.0 Å². The third kappa shape index (κ3) is 5.09. The number of carbonyl (C=O) groups is 2. The van der Waals surface area contributed by atoms with Gasteiger partial charge in [-0.05, 0) is 51.8 Å². The van der Waals surface area contributed by atoms with Crippen LogP contribution in [-0.2, 0) is 9.53 Å². The molecule has 2 amide bonds. The molecule has 1 fully saturated rings. The molecule has 1 aliphatic rings. The Morgan fingerprint density at radius 3 is 2.46 bits per heavy atom. The van der Waals surface area contributed by atoms with Gasteiger partial charge in [-0.1, -0.05) is 11.6 Å². The van der Waals surface area contributed by atoms with Gasteiger partial charge in [0.1, 0.15) is 11.4 Å². The molecule has 5 nitrogen and oxygen atoms in total. The van der Waals surface area contributed by atoms with Crippen LogP contribution in [0.1, 0.15) is 33.6 Å². The van der Waals surface area contributed by atoms with E-state index in [0.717, 1.165) is 6.07 Å². The van der Waals surface area contributed by atoms with E-state index >= 15 is 0 Å². The zero-order valence-electron chi connectivity index (χ0n) is 14.1. The standard InChI is InChI=1S/C17H22ClFN2O3/c1-17(2,3)24-16(23)21-8-6-11(7-9-21)15(22)20-14-5-4-12(18)10-13(14)19/h4-5,10-11H,6-9H2,1-3H3,(H,20,22). The summed E-state index contributed by atoms with van der Waals surface area (Å²) in [7, 11) is 0. The number of amides is 2. The fraction of sp³-hybridized carbons (Fsp3) is 0.529. The Morgan fingerprint density at radius 1 is 1.29 bits per heavy atom. The fourth-order valence-corrected chi connectivity index (χ4v) is 2.64. The van der Waals surface area contributed by atoms with Crippen LogP contribution in [0.15, 0.2) is 18.2 Å². The van der Waals surface area contributed by atoms with E-state index in [2.05, 4.69) is 5.32 Å². The van der Waals surface area contributed by atoms with Crippen molar-refractivity contribution in [2.45, 2.75) is 39.2 Å². The van der Waals surface area contributed by atoms with Crippen LogP contribution in [0.3, 0.4) is 0 Å². The molecule has 0 spiro atoms. The van der Waals surface area contributed by atoms with Crippen molar-refractivity contribution in [2.24, 2.45) is 5.92 Å². The van der Waals surface area contributed by atoms with E-state index in [4.69, 9.17) is 16.3 Å². The van der Waals surface area contributed by atoms with Crippen LogP contribution in [-0.4, -0.2) is 35.6 Å². The van der Waals surface area contributed by atoms with Gasteiger partial charge in [-0.2, -0.15) is 0 Å². The highest BCUT2D eigenvalue weighted by Gasteiger charge is 2.30. The first kappa shape index (κ1) is 18.5. The average molecular weight is 357 g/mol. The van der Waals surface area contributed by atoms with E-state index in [1.165, 1.54) is 12.1 Å². The van der Waals surface area contributed by atoms with Gasteiger partial charge >= 0.3 is 6.09 Å². The molecule has 132 valence electrons. The number of nitrogens with one attached hydrogen (secondary N) is 1. The third-order valence-electron chi connectivity index (χ3n) is 3.71. The average Bonchev–Trinajstić information content (AvgIpc) is 2.48. The molecule has 1 N–H and O–H groups in total. The minimum atomic E-state index is -0.568. The molecular formula is C17H22ClFN2O3. The van der Waals surface area contributed by atoms with E-state index in [0.29, 0.717) is 25.9 Å². The lowest BCUT2D eigenvalue weighted by atomic mass is 9.96. The Hall–Kier alpha value is -1.82. The number of hydrogen-bond acceptors (Lipinski definition) is 3. The van der Waals surface area contributed by atoms with E-state index in [-0.39, 0.29) is 28.6 Å². The molecule has 1 aromatic carbocycles. The first-order valence-electron chi connectivity index (χ1n) is 7.89. The van der Waals surface area contributed by atoms with Crippen LogP contribution in [0.25, 0.3) is 0 Å². The second kappa shape index (κ2) is 7.38. The minimum absolute atomic E-state index is 0.110. The number of piperidine rings is 1. The molecule has 7 heteroatoms. The maximum atomic E-state index is 13.7. The van der Waals surface area contributed by atoms with E-state index < -0.39 is 11.4 Å². The molecule has 0 aromatic heterocycles. The van der Waals surface area contributed by atoms with Crippen molar-refractivity contribution in [1.29, 1.82) is 0 Å². The fourth-order valence-electron chi connectivity index (χ4n) is 2.48. The molecule has 0 bridgehead atoms. The lowest BCUT2D eigenvalue weighted by molar-refractivity contribution is -0.121. The number of ether oxygens (including phenoxy) is 1. The summed E-state index contributed by atoms with van der Waals surface area (Å²) in [4.78, 5) is 25.9. The van der Waals surface area contributed by atoms with Crippen molar-refractivity contribution in [3.05, 3.63) is 29.0 Å².